The van der Waals surface area contributed by atoms with E-state index >= 15 is 0 Å². The molecule has 0 aromatic carbocycles. The second-order valence-corrected chi connectivity index (χ2v) is 5.98. The zero-order valence-electron chi connectivity index (χ0n) is 15.2. The number of ether oxygens (including phenoxy) is 1. The molecular formula is C17H31N3O4. The van der Waals surface area contributed by atoms with Crippen molar-refractivity contribution in [2.75, 3.05) is 45.9 Å². The lowest BCUT2D eigenvalue weighted by Crippen LogP contribution is -2.49. The molecular weight excluding hydrogens is 310 g/mol. The molecule has 1 aliphatic rings. The first-order chi connectivity index (χ1) is 11.5. The zero-order chi connectivity index (χ0) is 17.9. The Hall–Kier alpha value is -1.63. The lowest BCUT2D eigenvalue weighted by Gasteiger charge is -2.31. The Morgan fingerprint density at radius 2 is 1.92 bits per heavy atom. The third-order valence-electron chi connectivity index (χ3n) is 4.35. The number of nitrogens with one attached hydrogen (secondary N) is 1. The first kappa shape index (κ1) is 20.4. The van der Waals surface area contributed by atoms with Crippen LogP contribution in [-0.2, 0) is 19.1 Å². The molecule has 0 bridgehead atoms. The number of hydrogen-bond donors (Lipinski definition) is 1. The van der Waals surface area contributed by atoms with E-state index in [1.165, 1.54) is 4.90 Å². The molecule has 1 fully saturated rings. The molecule has 7 heteroatoms. The summed E-state index contributed by atoms with van der Waals surface area (Å²) in [6.07, 6.45) is 2.23. The first-order valence-electron chi connectivity index (χ1n) is 8.99. The fourth-order valence-corrected chi connectivity index (χ4v) is 2.88. The van der Waals surface area contributed by atoms with Crippen molar-refractivity contribution in [3.63, 3.8) is 0 Å². The van der Waals surface area contributed by atoms with Crippen molar-refractivity contribution in [3.05, 3.63) is 0 Å². The number of esters is 1. The topological polar surface area (TPSA) is 78.9 Å². The van der Waals surface area contributed by atoms with Crippen LogP contribution in [0.3, 0.4) is 0 Å². The summed E-state index contributed by atoms with van der Waals surface area (Å²) >= 11 is 0. The number of likely N-dealkylation sites (tertiary alicyclic amines) is 1. The summed E-state index contributed by atoms with van der Waals surface area (Å²) in [5.41, 5.74) is 0. The van der Waals surface area contributed by atoms with Crippen molar-refractivity contribution in [3.8, 4) is 0 Å². The number of nitrogens with zero attached hydrogens (tertiary/aromatic N) is 2. The van der Waals surface area contributed by atoms with E-state index in [9.17, 15) is 14.4 Å². The van der Waals surface area contributed by atoms with Gasteiger partial charge in [0.15, 0.2) is 0 Å². The third kappa shape index (κ3) is 6.47. The quantitative estimate of drug-likeness (QED) is 0.398. The Morgan fingerprint density at radius 1 is 1.21 bits per heavy atom. The summed E-state index contributed by atoms with van der Waals surface area (Å²) in [7, 11) is 0. The highest BCUT2D eigenvalue weighted by atomic mass is 16.5. The Labute approximate surface area is 144 Å². The van der Waals surface area contributed by atoms with Gasteiger partial charge in [0.1, 0.15) is 0 Å². The fourth-order valence-electron chi connectivity index (χ4n) is 2.88. The van der Waals surface area contributed by atoms with Gasteiger partial charge in [-0.25, -0.2) is 0 Å². The molecule has 24 heavy (non-hydrogen) atoms. The van der Waals surface area contributed by atoms with E-state index < -0.39 is 11.8 Å². The van der Waals surface area contributed by atoms with E-state index in [1.54, 1.807) is 6.92 Å². The Balaban J connectivity index is 2.36. The Morgan fingerprint density at radius 3 is 2.54 bits per heavy atom. The van der Waals surface area contributed by atoms with Crippen LogP contribution in [0.2, 0.25) is 0 Å². The van der Waals surface area contributed by atoms with Crippen LogP contribution in [0.25, 0.3) is 0 Å². The molecule has 2 amide bonds. The molecule has 7 nitrogen and oxygen atoms in total. The molecule has 1 N–H and O–H groups in total. The fraction of sp³-hybridized carbons (Fsp3) is 0.824. The minimum absolute atomic E-state index is 0.268. The first-order valence-corrected chi connectivity index (χ1v) is 8.99. The van der Waals surface area contributed by atoms with E-state index in [2.05, 4.69) is 24.1 Å². The molecule has 0 aromatic heterocycles. The van der Waals surface area contributed by atoms with Gasteiger partial charge in [0, 0.05) is 19.6 Å². The molecule has 1 unspecified atom stereocenters. The predicted octanol–water partition coefficient (Wildman–Crippen LogP) is 0.636. The van der Waals surface area contributed by atoms with Crippen LogP contribution in [0.4, 0.5) is 0 Å². The van der Waals surface area contributed by atoms with Crippen molar-refractivity contribution in [2.45, 2.75) is 40.0 Å². The SMILES string of the molecule is CCOC(=O)C1CCCN(C(=O)C(=O)NCCCN(CC)CC)C1. The van der Waals surface area contributed by atoms with Crippen molar-refractivity contribution < 1.29 is 19.1 Å². The van der Waals surface area contributed by atoms with Crippen molar-refractivity contribution in [1.29, 1.82) is 0 Å². The molecule has 1 atom stereocenters. The van der Waals surface area contributed by atoms with Gasteiger partial charge in [-0.2, -0.15) is 0 Å². The zero-order valence-corrected chi connectivity index (χ0v) is 15.2. The van der Waals surface area contributed by atoms with Crippen molar-refractivity contribution in [2.24, 2.45) is 5.92 Å². The molecule has 1 aliphatic heterocycles. The maximum atomic E-state index is 12.2. The normalized spacial score (nSPS) is 17.7. The summed E-state index contributed by atoms with van der Waals surface area (Å²) in [5, 5.41) is 2.68. The largest absolute Gasteiger partial charge is 0.466 e. The van der Waals surface area contributed by atoms with E-state index in [1.807, 2.05) is 0 Å². The van der Waals surface area contributed by atoms with Crippen LogP contribution >= 0.6 is 0 Å². The van der Waals surface area contributed by atoms with Crippen LogP contribution in [-0.4, -0.2) is 73.5 Å². The molecule has 0 radical (unpaired) electrons. The summed E-state index contributed by atoms with van der Waals surface area (Å²) in [6, 6.07) is 0. The molecule has 0 saturated carbocycles. The summed E-state index contributed by atoms with van der Waals surface area (Å²) in [6.45, 7) is 10.4. The van der Waals surface area contributed by atoms with E-state index in [0.29, 0.717) is 32.5 Å². The summed E-state index contributed by atoms with van der Waals surface area (Å²) < 4.78 is 5.01. The van der Waals surface area contributed by atoms with Gasteiger partial charge in [-0.1, -0.05) is 13.8 Å². The van der Waals surface area contributed by atoms with Crippen LogP contribution in [0.1, 0.15) is 40.0 Å². The molecule has 0 spiro atoms. The number of amides is 2. The van der Waals surface area contributed by atoms with Crippen LogP contribution in [0.5, 0.6) is 0 Å². The smallest absolute Gasteiger partial charge is 0.311 e. The van der Waals surface area contributed by atoms with Crippen molar-refractivity contribution >= 4 is 17.8 Å². The van der Waals surface area contributed by atoms with Crippen molar-refractivity contribution in [1.82, 2.24) is 15.1 Å². The standard InChI is InChI=1S/C17H31N3O4/c1-4-19(5-2)11-8-10-18-15(21)16(22)20-12-7-9-14(13-20)17(23)24-6-3/h14H,4-13H2,1-3H3,(H,18,21). The van der Waals surface area contributed by atoms with E-state index in [4.69, 9.17) is 4.74 Å². The second-order valence-electron chi connectivity index (χ2n) is 5.98. The average molecular weight is 341 g/mol. The number of carbonyl (C=O) groups is 3. The van der Waals surface area contributed by atoms with Crippen LogP contribution < -0.4 is 5.32 Å². The highest BCUT2D eigenvalue weighted by molar-refractivity contribution is 6.35. The Kier molecular flexibility index (Phi) is 9.37. The number of hydrogen-bond acceptors (Lipinski definition) is 5. The van der Waals surface area contributed by atoms with Gasteiger partial charge in [-0.15, -0.1) is 0 Å². The van der Waals surface area contributed by atoms with Gasteiger partial charge in [0.25, 0.3) is 0 Å². The van der Waals surface area contributed by atoms with E-state index in [0.717, 1.165) is 26.1 Å². The monoisotopic (exact) mass is 341 g/mol. The van der Waals surface area contributed by atoms with Gasteiger partial charge in [0.2, 0.25) is 0 Å². The van der Waals surface area contributed by atoms with Gasteiger partial charge in [0.05, 0.1) is 12.5 Å². The molecule has 138 valence electrons. The number of carbonyl (C=O) groups excluding carboxylic acids is 3. The lowest BCUT2D eigenvalue weighted by molar-refractivity contribution is -0.154. The number of piperidine rings is 1. The van der Waals surface area contributed by atoms with Crippen LogP contribution in [0.15, 0.2) is 0 Å². The highest BCUT2D eigenvalue weighted by Gasteiger charge is 2.31. The van der Waals surface area contributed by atoms with Gasteiger partial charge < -0.3 is 19.9 Å². The molecule has 0 aromatic rings. The summed E-state index contributed by atoms with van der Waals surface area (Å²) in [5.74, 6) is -1.74. The minimum Gasteiger partial charge on any atom is -0.466 e. The average Bonchev–Trinajstić information content (AvgIpc) is 2.61. The van der Waals surface area contributed by atoms with Gasteiger partial charge in [-0.05, 0) is 45.8 Å². The number of rotatable bonds is 8. The lowest BCUT2D eigenvalue weighted by atomic mass is 9.98. The Bertz CT molecular complexity index is 424. The maximum absolute atomic E-state index is 12.2. The molecule has 0 aliphatic carbocycles. The van der Waals surface area contributed by atoms with E-state index in [-0.39, 0.29) is 18.4 Å². The maximum Gasteiger partial charge on any atom is 0.311 e. The predicted molar refractivity (Wildman–Crippen MR) is 91.4 cm³/mol. The highest BCUT2D eigenvalue weighted by Crippen LogP contribution is 2.18. The third-order valence-corrected chi connectivity index (χ3v) is 4.35. The van der Waals surface area contributed by atoms with Gasteiger partial charge >= 0.3 is 17.8 Å². The molecule has 1 saturated heterocycles. The molecule has 1 heterocycles. The summed E-state index contributed by atoms with van der Waals surface area (Å²) in [4.78, 5) is 39.7. The van der Waals surface area contributed by atoms with Crippen LogP contribution in [0, 0.1) is 5.92 Å². The molecule has 1 rings (SSSR count). The second kappa shape index (κ2) is 11.0. The minimum atomic E-state index is -0.584. The van der Waals surface area contributed by atoms with Gasteiger partial charge in [-0.3, -0.25) is 14.4 Å².